The molecule has 2 aliphatic heterocycles. The zero-order valence-corrected chi connectivity index (χ0v) is 49.0. The Morgan fingerprint density at radius 2 is 1.23 bits per heavy atom. The molecule has 18 heteroatoms. The quantitative estimate of drug-likeness (QED) is 0.0293. The fourth-order valence-corrected chi connectivity index (χ4v) is 11.7. The molecule has 2 aliphatic rings. The third kappa shape index (κ3) is 16.3. The van der Waals surface area contributed by atoms with Gasteiger partial charge in [0.25, 0.3) is 11.5 Å². The van der Waals surface area contributed by atoms with E-state index >= 15 is 9.18 Å². The molecule has 2 N–H and O–H groups in total. The molecule has 6 aromatic rings. The Morgan fingerprint density at radius 1 is 0.679 bits per heavy atom. The van der Waals surface area contributed by atoms with E-state index in [0.29, 0.717) is 30.0 Å². The Balaban J connectivity index is 1.07. The van der Waals surface area contributed by atoms with E-state index in [1.165, 1.54) is 94.3 Å². The average molecular weight is 1160 g/mol. The van der Waals surface area contributed by atoms with Crippen molar-refractivity contribution in [2.24, 2.45) is 5.92 Å². The molecule has 4 aromatic carbocycles. The third-order valence-corrected chi connectivity index (χ3v) is 16.3. The van der Waals surface area contributed by atoms with Gasteiger partial charge in [-0.1, -0.05) is 170 Å². The highest BCUT2D eigenvalue weighted by molar-refractivity contribution is 6.03. The van der Waals surface area contributed by atoms with Crippen molar-refractivity contribution in [3.8, 4) is 11.5 Å². The van der Waals surface area contributed by atoms with Crippen LogP contribution in [0, 0.1) is 5.92 Å². The van der Waals surface area contributed by atoms with E-state index in [1.807, 2.05) is 78.9 Å². The fraction of sp³-hybridized carbons (Fsp3) is 0.485. The van der Waals surface area contributed by atoms with Gasteiger partial charge in [-0.3, -0.25) is 28.5 Å². The minimum atomic E-state index is -1.60. The summed E-state index contributed by atoms with van der Waals surface area (Å²) >= 11 is 0. The lowest BCUT2D eigenvalue weighted by molar-refractivity contribution is -0.136. The Hall–Kier alpha value is -7.25. The Labute approximate surface area is 491 Å². The SMILES string of the molecule is CCCCCCCCCCCCCCCCCN(C[C@H]1C[C@@H](F)[C@H](n2ccc(=O)[nH]c2=O)O1)C(=O)C[C@H]1[C@@H](OC)[C@H](n2ccc(NC(=O)c3ccccc3)nc2=O)O[C@@H]1COC(c1ccccc1)(c1ccc(OC)cc1)c1ccc(OC)cc1. The first-order chi connectivity index (χ1) is 41.0. The largest absolute Gasteiger partial charge is 0.497 e. The minimum absolute atomic E-state index is 0.0217. The number of benzene rings is 4. The molecule has 2 saturated heterocycles. The summed E-state index contributed by atoms with van der Waals surface area (Å²) in [6, 6.07) is 36.2. The number of halogens is 1. The Bertz CT molecular complexity index is 3110. The molecule has 84 heavy (non-hydrogen) atoms. The van der Waals surface area contributed by atoms with E-state index in [1.54, 1.807) is 49.5 Å². The molecule has 0 unspecified atom stereocenters. The first kappa shape index (κ1) is 62.8. The van der Waals surface area contributed by atoms with Crippen LogP contribution in [0.15, 0.2) is 148 Å². The van der Waals surface area contributed by atoms with Gasteiger partial charge in [0.2, 0.25) is 5.91 Å². The number of hydrogen-bond donors (Lipinski definition) is 2. The van der Waals surface area contributed by atoms with Gasteiger partial charge in [0.1, 0.15) is 35.2 Å². The number of carbonyl (C=O) groups excluding carboxylic acids is 2. The standard InChI is InChI=1S/C66H83FN6O11/c1-5-6-7-8-9-10-11-12-13-14-15-16-17-18-25-40-71(45-53-43-55(67)62(83-53)72-42-39-58(74)70-65(72)78)59(75)44-54-56(84-63(60(54)81-4)73-41-38-57(69-64(73)77)68-61(76)47-26-21-19-22-27-47)46-82-66(48-28-23-20-24-29-48,49-30-34-51(79-2)35-31-49)50-32-36-52(80-3)37-33-50/h19-24,26-39,41-42,53-56,60,62-63H,5-18,25,40,43-46H2,1-4H3,(H,70,74,78)(H,68,69,76,77)/t53-,54-,55-,56-,60-,62-,63-/m1/s1. The molecule has 17 nitrogen and oxygen atoms in total. The summed E-state index contributed by atoms with van der Waals surface area (Å²) < 4.78 is 56.3. The number of nitrogens with one attached hydrogen (secondary N) is 2. The Morgan fingerprint density at radius 3 is 1.77 bits per heavy atom. The highest BCUT2D eigenvalue weighted by Gasteiger charge is 2.50. The molecular weight excluding hydrogens is 1070 g/mol. The number of unbranched alkanes of at least 4 members (excludes halogenated alkanes) is 14. The van der Waals surface area contributed by atoms with E-state index < -0.39 is 71.3 Å². The number of methoxy groups -OCH3 is 3. The molecular formula is C66H83FN6O11. The van der Waals surface area contributed by atoms with Crippen LogP contribution < -0.4 is 31.7 Å². The number of H-pyrrole nitrogens is 1. The second-order valence-electron chi connectivity index (χ2n) is 22.0. The van der Waals surface area contributed by atoms with Gasteiger partial charge in [0.15, 0.2) is 12.5 Å². The highest BCUT2D eigenvalue weighted by Crippen LogP contribution is 2.45. The van der Waals surface area contributed by atoms with Gasteiger partial charge in [-0.05, 0) is 65.6 Å². The molecule has 0 bridgehead atoms. The van der Waals surface area contributed by atoms with Crippen LogP contribution in [0.2, 0.25) is 0 Å². The molecule has 7 atom stereocenters. The molecule has 0 saturated carbocycles. The molecule has 0 aliphatic carbocycles. The van der Waals surface area contributed by atoms with Gasteiger partial charge < -0.3 is 38.6 Å². The summed E-state index contributed by atoms with van der Waals surface area (Å²) in [5.41, 5.74) is -0.740. The van der Waals surface area contributed by atoms with Crippen LogP contribution >= 0.6 is 0 Å². The second-order valence-corrected chi connectivity index (χ2v) is 22.0. The number of aromatic nitrogens is 4. The first-order valence-electron chi connectivity index (χ1n) is 30.0. The van der Waals surface area contributed by atoms with Crippen molar-refractivity contribution in [1.29, 1.82) is 0 Å². The molecule has 2 aromatic heterocycles. The fourth-order valence-electron chi connectivity index (χ4n) is 11.7. The van der Waals surface area contributed by atoms with Crippen molar-refractivity contribution in [1.82, 2.24) is 24.0 Å². The lowest BCUT2D eigenvalue weighted by Gasteiger charge is -2.37. The molecule has 8 rings (SSSR count). The molecule has 2 fully saturated rings. The van der Waals surface area contributed by atoms with E-state index in [4.69, 9.17) is 28.4 Å². The monoisotopic (exact) mass is 1150 g/mol. The summed E-state index contributed by atoms with van der Waals surface area (Å²) in [6.45, 7) is 2.49. The van der Waals surface area contributed by atoms with Gasteiger partial charge in [-0.2, -0.15) is 4.98 Å². The number of ether oxygens (including phenoxy) is 6. The summed E-state index contributed by atoms with van der Waals surface area (Å²) in [4.78, 5) is 75.6. The van der Waals surface area contributed by atoms with Crippen LogP contribution in [0.3, 0.4) is 0 Å². The van der Waals surface area contributed by atoms with Gasteiger partial charge in [0.05, 0.1) is 33.0 Å². The van der Waals surface area contributed by atoms with Gasteiger partial charge in [-0.15, -0.1) is 0 Å². The summed E-state index contributed by atoms with van der Waals surface area (Å²) in [6.07, 6.45) is 13.5. The predicted octanol–water partition coefficient (Wildman–Crippen LogP) is 11.3. The number of nitrogens with zero attached hydrogens (tertiary/aromatic N) is 4. The maximum atomic E-state index is 16.0. The molecule has 0 radical (unpaired) electrons. The molecule has 4 heterocycles. The zero-order chi connectivity index (χ0) is 59.3. The number of carbonyl (C=O) groups is 2. The molecule has 0 spiro atoms. The van der Waals surface area contributed by atoms with E-state index in [-0.39, 0.29) is 37.7 Å². The molecule has 450 valence electrons. The lowest BCUT2D eigenvalue weighted by atomic mass is 9.79. The van der Waals surface area contributed by atoms with Gasteiger partial charge in [0, 0.05) is 63.0 Å². The van der Waals surface area contributed by atoms with Crippen molar-refractivity contribution in [2.45, 2.75) is 159 Å². The van der Waals surface area contributed by atoms with Crippen molar-refractivity contribution >= 4 is 17.6 Å². The summed E-state index contributed by atoms with van der Waals surface area (Å²) in [5, 5.41) is 2.71. The van der Waals surface area contributed by atoms with Crippen LogP contribution in [-0.2, 0) is 29.3 Å². The molecule has 2 amide bonds. The number of rotatable bonds is 33. The minimum Gasteiger partial charge on any atom is -0.497 e. The number of anilines is 1. The van der Waals surface area contributed by atoms with Crippen molar-refractivity contribution in [3.05, 3.63) is 187 Å². The van der Waals surface area contributed by atoms with Crippen molar-refractivity contribution in [3.63, 3.8) is 0 Å². The zero-order valence-electron chi connectivity index (χ0n) is 49.0. The topological polar surface area (TPSA) is 195 Å². The Kier molecular flexibility index (Phi) is 23.6. The van der Waals surface area contributed by atoms with Crippen LogP contribution in [0.4, 0.5) is 10.2 Å². The van der Waals surface area contributed by atoms with Crippen molar-refractivity contribution in [2.75, 3.05) is 46.3 Å². The smallest absolute Gasteiger partial charge is 0.351 e. The summed E-state index contributed by atoms with van der Waals surface area (Å²) in [5.74, 6) is -0.173. The number of alkyl halides is 1. The maximum absolute atomic E-state index is 16.0. The first-order valence-corrected chi connectivity index (χ1v) is 30.0. The van der Waals surface area contributed by atoms with Gasteiger partial charge >= 0.3 is 11.4 Å². The maximum Gasteiger partial charge on any atom is 0.351 e. The average Bonchev–Trinajstić information content (AvgIpc) is 3.82. The number of amides is 2. The lowest BCUT2D eigenvalue weighted by Crippen LogP contribution is -2.43. The van der Waals surface area contributed by atoms with E-state index in [2.05, 4.69) is 22.2 Å². The van der Waals surface area contributed by atoms with Crippen LogP contribution in [-0.4, -0.2) is 101 Å². The second kappa shape index (κ2) is 31.6. The van der Waals surface area contributed by atoms with Crippen LogP contribution in [0.25, 0.3) is 0 Å². The van der Waals surface area contributed by atoms with E-state index in [9.17, 15) is 19.2 Å². The third-order valence-electron chi connectivity index (χ3n) is 16.3. The summed E-state index contributed by atoms with van der Waals surface area (Å²) in [7, 11) is 4.70. The highest BCUT2D eigenvalue weighted by atomic mass is 19.1. The number of aromatic amines is 1. The van der Waals surface area contributed by atoms with Gasteiger partial charge in [-0.25, -0.2) is 14.0 Å². The predicted molar refractivity (Wildman–Crippen MR) is 320 cm³/mol. The van der Waals surface area contributed by atoms with Crippen molar-refractivity contribution < 1.29 is 42.4 Å². The number of hydrogen-bond acceptors (Lipinski definition) is 12. The van der Waals surface area contributed by atoms with E-state index in [0.717, 1.165) is 53.0 Å². The van der Waals surface area contributed by atoms with Crippen LogP contribution in [0.5, 0.6) is 11.5 Å². The normalized spacial score (nSPS) is 19.5. The van der Waals surface area contributed by atoms with Crippen LogP contribution in [0.1, 0.15) is 156 Å².